The van der Waals surface area contributed by atoms with Crippen LogP contribution in [0.15, 0.2) is 29.1 Å². The van der Waals surface area contributed by atoms with Crippen molar-refractivity contribution in [3.8, 4) is 11.6 Å². The Morgan fingerprint density at radius 3 is 2.57 bits per heavy atom. The first-order chi connectivity index (χ1) is 9.95. The molecule has 0 saturated carbocycles. The maximum atomic E-state index is 11.7. The molecular weight excluding hydrogens is 270 g/mol. The summed E-state index contributed by atoms with van der Waals surface area (Å²) in [6.45, 7) is 4.82. The molecule has 2 aromatic rings. The standard InChI is InChI=1S/C15H19N3O3/c1-9(2)8-21-11-5-3-10(4-6-11)7-12-13(19)17-15(16)18-14(12)20/h3-6,9H,7-8H2,1-2H3,(H4,16,17,18,19,20). The summed E-state index contributed by atoms with van der Waals surface area (Å²) in [5.41, 5.74) is 5.99. The number of benzene rings is 1. The Morgan fingerprint density at radius 2 is 2.00 bits per heavy atom. The molecule has 1 aromatic heterocycles. The van der Waals surface area contributed by atoms with Crippen molar-refractivity contribution in [1.29, 1.82) is 0 Å². The Balaban J connectivity index is 2.12. The number of nitrogens with one attached hydrogen (secondary N) is 1. The molecule has 112 valence electrons. The van der Waals surface area contributed by atoms with E-state index in [9.17, 15) is 9.90 Å². The number of rotatable bonds is 5. The molecule has 1 heterocycles. The van der Waals surface area contributed by atoms with Gasteiger partial charge in [-0.2, -0.15) is 4.98 Å². The summed E-state index contributed by atoms with van der Waals surface area (Å²) in [4.78, 5) is 17.8. The van der Waals surface area contributed by atoms with Gasteiger partial charge in [0, 0.05) is 6.42 Å². The molecule has 1 aromatic carbocycles. The molecule has 4 N–H and O–H groups in total. The molecule has 0 atom stereocenters. The number of nitrogen functional groups attached to an aromatic ring is 1. The second-order valence-corrected chi connectivity index (χ2v) is 5.28. The van der Waals surface area contributed by atoms with Crippen LogP contribution in [0.1, 0.15) is 25.0 Å². The van der Waals surface area contributed by atoms with E-state index in [1.54, 1.807) is 0 Å². The van der Waals surface area contributed by atoms with Crippen molar-refractivity contribution < 1.29 is 9.84 Å². The molecule has 6 nitrogen and oxygen atoms in total. The predicted octanol–water partition coefficient (Wildman–Crippen LogP) is 1.68. The Hall–Kier alpha value is -2.50. The molecule has 0 bridgehead atoms. The van der Waals surface area contributed by atoms with Crippen molar-refractivity contribution in [2.75, 3.05) is 12.3 Å². The van der Waals surface area contributed by atoms with Gasteiger partial charge in [0.25, 0.3) is 5.56 Å². The highest BCUT2D eigenvalue weighted by molar-refractivity contribution is 5.35. The molecule has 0 saturated heterocycles. The van der Waals surface area contributed by atoms with Gasteiger partial charge in [0.1, 0.15) is 5.75 Å². The molecule has 0 radical (unpaired) electrons. The number of hydrogen-bond acceptors (Lipinski definition) is 5. The SMILES string of the molecule is CC(C)COc1ccc(Cc2c(O)nc(N)[nH]c2=O)cc1. The lowest BCUT2D eigenvalue weighted by Crippen LogP contribution is -2.16. The van der Waals surface area contributed by atoms with Gasteiger partial charge in [-0.05, 0) is 23.6 Å². The Bertz CT molecular complexity index is 663. The molecule has 0 unspecified atom stereocenters. The zero-order valence-electron chi connectivity index (χ0n) is 12.1. The zero-order valence-corrected chi connectivity index (χ0v) is 12.1. The van der Waals surface area contributed by atoms with Crippen LogP contribution in [0, 0.1) is 5.92 Å². The molecule has 0 aliphatic carbocycles. The van der Waals surface area contributed by atoms with Gasteiger partial charge < -0.3 is 15.6 Å². The van der Waals surface area contributed by atoms with E-state index in [0.717, 1.165) is 11.3 Å². The third kappa shape index (κ3) is 3.98. The van der Waals surface area contributed by atoms with E-state index in [-0.39, 0.29) is 23.8 Å². The summed E-state index contributed by atoms with van der Waals surface area (Å²) in [6, 6.07) is 7.39. The Morgan fingerprint density at radius 1 is 1.33 bits per heavy atom. The van der Waals surface area contributed by atoms with Crippen molar-refractivity contribution >= 4 is 5.95 Å². The fourth-order valence-electron chi connectivity index (χ4n) is 1.83. The number of ether oxygens (including phenoxy) is 1. The van der Waals surface area contributed by atoms with Crippen molar-refractivity contribution in [2.45, 2.75) is 20.3 Å². The van der Waals surface area contributed by atoms with Gasteiger partial charge in [-0.25, -0.2) is 0 Å². The largest absolute Gasteiger partial charge is 0.493 e. The molecule has 0 amide bonds. The number of anilines is 1. The third-order valence-electron chi connectivity index (χ3n) is 2.90. The van der Waals surface area contributed by atoms with Crippen LogP contribution in [0.25, 0.3) is 0 Å². The normalized spacial score (nSPS) is 10.8. The minimum absolute atomic E-state index is 0.0984. The number of nitrogens with zero attached hydrogens (tertiary/aromatic N) is 1. The average molecular weight is 289 g/mol. The molecule has 0 aliphatic heterocycles. The topological polar surface area (TPSA) is 101 Å². The molecule has 0 aliphatic rings. The lowest BCUT2D eigenvalue weighted by molar-refractivity contribution is 0.271. The number of H-pyrrole nitrogens is 1. The fraction of sp³-hybridized carbons (Fsp3) is 0.333. The fourth-order valence-corrected chi connectivity index (χ4v) is 1.83. The minimum Gasteiger partial charge on any atom is -0.493 e. The van der Waals surface area contributed by atoms with E-state index in [1.165, 1.54) is 0 Å². The van der Waals surface area contributed by atoms with Crippen LogP contribution in [0.3, 0.4) is 0 Å². The van der Waals surface area contributed by atoms with Crippen molar-refractivity contribution in [3.05, 3.63) is 45.7 Å². The van der Waals surface area contributed by atoms with E-state index in [0.29, 0.717) is 12.5 Å². The Kier molecular flexibility index (Phi) is 4.47. The van der Waals surface area contributed by atoms with Gasteiger partial charge in [-0.15, -0.1) is 0 Å². The highest BCUT2D eigenvalue weighted by Gasteiger charge is 2.10. The quantitative estimate of drug-likeness (QED) is 0.777. The number of nitrogens with two attached hydrogens (primary N) is 1. The van der Waals surface area contributed by atoms with Crippen LogP contribution in [0.5, 0.6) is 11.6 Å². The van der Waals surface area contributed by atoms with Gasteiger partial charge >= 0.3 is 0 Å². The number of aromatic nitrogens is 2. The third-order valence-corrected chi connectivity index (χ3v) is 2.90. The Labute approximate surface area is 122 Å². The summed E-state index contributed by atoms with van der Waals surface area (Å²) < 4.78 is 5.59. The van der Waals surface area contributed by atoms with Gasteiger partial charge in [0.15, 0.2) is 0 Å². The second-order valence-electron chi connectivity index (χ2n) is 5.28. The first-order valence-corrected chi connectivity index (χ1v) is 6.75. The van der Waals surface area contributed by atoms with Crippen molar-refractivity contribution in [1.82, 2.24) is 9.97 Å². The monoisotopic (exact) mass is 289 g/mol. The summed E-state index contributed by atoms with van der Waals surface area (Å²) in [6.07, 6.45) is 0.277. The summed E-state index contributed by atoms with van der Waals surface area (Å²) >= 11 is 0. The molecule has 21 heavy (non-hydrogen) atoms. The minimum atomic E-state index is -0.430. The molecule has 2 rings (SSSR count). The number of hydrogen-bond donors (Lipinski definition) is 3. The zero-order chi connectivity index (χ0) is 15.4. The maximum Gasteiger partial charge on any atom is 0.259 e. The van der Waals surface area contributed by atoms with E-state index in [1.807, 2.05) is 24.3 Å². The predicted molar refractivity (Wildman–Crippen MR) is 80.5 cm³/mol. The highest BCUT2D eigenvalue weighted by atomic mass is 16.5. The molecule has 0 fully saturated rings. The van der Waals surface area contributed by atoms with Crippen LogP contribution < -0.4 is 16.0 Å². The molecular formula is C15H19N3O3. The molecule has 0 spiro atoms. The van der Waals surface area contributed by atoms with Crippen LogP contribution in [-0.4, -0.2) is 21.7 Å². The maximum absolute atomic E-state index is 11.7. The van der Waals surface area contributed by atoms with E-state index in [2.05, 4.69) is 23.8 Å². The van der Waals surface area contributed by atoms with Crippen molar-refractivity contribution in [3.63, 3.8) is 0 Å². The first-order valence-electron chi connectivity index (χ1n) is 6.75. The van der Waals surface area contributed by atoms with Crippen LogP contribution in [0.4, 0.5) is 5.95 Å². The highest BCUT2D eigenvalue weighted by Crippen LogP contribution is 2.18. The van der Waals surface area contributed by atoms with E-state index >= 15 is 0 Å². The molecule has 6 heteroatoms. The summed E-state index contributed by atoms with van der Waals surface area (Å²) in [5, 5.41) is 9.70. The van der Waals surface area contributed by atoms with E-state index < -0.39 is 5.56 Å². The van der Waals surface area contributed by atoms with Gasteiger partial charge in [0.05, 0.1) is 12.2 Å². The summed E-state index contributed by atoms with van der Waals surface area (Å²) in [5.74, 6) is 0.803. The van der Waals surface area contributed by atoms with Crippen LogP contribution in [-0.2, 0) is 6.42 Å². The average Bonchev–Trinajstić information content (AvgIpc) is 2.41. The smallest absolute Gasteiger partial charge is 0.259 e. The first kappa shape index (κ1) is 14.9. The van der Waals surface area contributed by atoms with Gasteiger partial charge in [-0.3, -0.25) is 9.78 Å². The lowest BCUT2D eigenvalue weighted by atomic mass is 10.1. The number of aromatic hydroxyl groups is 1. The van der Waals surface area contributed by atoms with Crippen molar-refractivity contribution in [2.24, 2.45) is 5.92 Å². The lowest BCUT2D eigenvalue weighted by Gasteiger charge is -2.09. The second kappa shape index (κ2) is 6.30. The van der Waals surface area contributed by atoms with Crippen LogP contribution >= 0.6 is 0 Å². The summed E-state index contributed by atoms with van der Waals surface area (Å²) in [7, 11) is 0. The van der Waals surface area contributed by atoms with E-state index in [4.69, 9.17) is 10.5 Å². The van der Waals surface area contributed by atoms with Gasteiger partial charge in [-0.1, -0.05) is 26.0 Å². The number of aromatic amines is 1. The van der Waals surface area contributed by atoms with Crippen LogP contribution in [0.2, 0.25) is 0 Å². The van der Waals surface area contributed by atoms with Gasteiger partial charge in [0.2, 0.25) is 11.8 Å².